The number of imidazole rings is 1. The molecule has 1 N–H and O–H groups in total. The summed E-state index contributed by atoms with van der Waals surface area (Å²) < 4.78 is 2.21. The molecule has 3 nitrogen and oxygen atoms in total. The summed E-state index contributed by atoms with van der Waals surface area (Å²) in [4.78, 5) is 4.42. The van der Waals surface area contributed by atoms with E-state index in [0.717, 1.165) is 25.0 Å². The number of benzene rings is 1. The fourth-order valence-electron chi connectivity index (χ4n) is 2.30. The van der Waals surface area contributed by atoms with Crippen LogP contribution in [0.3, 0.4) is 0 Å². The number of hydrogen-bond donors (Lipinski definition) is 1. The van der Waals surface area contributed by atoms with Crippen molar-refractivity contribution in [2.24, 2.45) is 0 Å². The highest BCUT2D eigenvalue weighted by Crippen LogP contribution is 2.14. The first-order chi connectivity index (χ1) is 8.70. The predicted octanol–water partition coefficient (Wildman–Crippen LogP) is 2.98. The maximum atomic E-state index is 4.42. The number of nitrogens with zero attached hydrogens (tertiary/aromatic N) is 2. The maximum Gasteiger partial charge on any atom is 0.0958 e. The first kappa shape index (κ1) is 12.8. The molecule has 96 valence electrons. The molecule has 18 heavy (non-hydrogen) atoms. The number of hydrogen-bond acceptors (Lipinski definition) is 2. The topological polar surface area (TPSA) is 29.9 Å². The van der Waals surface area contributed by atoms with E-state index in [1.54, 1.807) is 0 Å². The molecule has 0 amide bonds. The van der Waals surface area contributed by atoms with E-state index in [1.165, 1.54) is 11.1 Å². The smallest absolute Gasteiger partial charge is 0.0958 e. The van der Waals surface area contributed by atoms with Crippen molar-refractivity contribution in [1.82, 2.24) is 14.9 Å². The van der Waals surface area contributed by atoms with Crippen molar-refractivity contribution in [3.63, 3.8) is 0 Å². The lowest BCUT2D eigenvalue weighted by Crippen LogP contribution is -2.33. The Morgan fingerprint density at radius 3 is 2.94 bits per heavy atom. The van der Waals surface area contributed by atoms with Crippen LogP contribution in [0.15, 0.2) is 42.7 Å². The molecule has 0 saturated heterocycles. The van der Waals surface area contributed by atoms with Crippen LogP contribution in [0.5, 0.6) is 0 Å². The van der Waals surface area contributed by atoms with Crippen molar-refractivity contribution >= 4 is 11.0 Å². The van der Waals surface area contributed by atoms with E-state index in [-0.39, 0.29) is 0 Å². The molecular weight excluding hydrogens is 222 g/mol. The minimum Gasteiger partial charge on any atom is -0.329 e. The van der Waals surface area contributed by atoms with Crippen molar-refractivity contribution in [1.29, 1.82) is 0 Å². The molecule has 2 rings (SSSR count). The zero-order valence-electron chi connectivity index (χ0n) is 11.2. The average molecular weight is 243 g/mol. The van der Waals surface area contributed by atoms with Crippen LogP contribution >= 0.6 is 0 Å². The standard InChI is InChI=1S/C15H21N3/c1-4-16-13(9-12(2)3)10-18-11-17-14-7-5-6-8-15(14)18/h5-8,11,13,16H,2,4,9-10H2,1,3H3. The summed E-state index contributed by atoms with van der Waals surface area (Å²) in [5.74, 6) is 0. The molecule has 1 heterocycles. The van der Waals surface area contributed by atoms with Crippen LogP contribution in [0, 0.1) is 0 Å². The summed E-state index contributed by atoms with van der Waals surface area (Å²) in [6, 6.07) is 8.67. The van der Waals surface area contributed by atoms with E-state index in [4.69, 9.17) is 0 Å². The largest absolute Gasteiger partial charge is 0.329 e. The third-order valence-corrected chi connectivity index (χ3v) is 3.03. The molecule has 1 atom stereocenters. The monoisotopic (exact) mass is 243 g/mol. The summed E-state index contributed by atoms with van der Waals surface area (Å²) in [5.41, 5.74) is 3.47. The number of aromatic nitrogens is 2. The second-order valence-electron chi connectivity index (χ2n) is 4.80. The van der Waals surface area contributed by atoms with Gasteiger partial charge in [-0.25, -0.2) is 4.98 Å². The van der Waals surface area contributed by atoms with Gasteiger partial charge in [0.25, 0.3) is 0 Å². The molecule has 0 spiro atoms. The predicted molar refractivity (Wildman–Crippen MR) is 76.6 cm³/mol. The molecule has 0 saturated carbocycles. The van der Waals surface area contributed by atoms with Crippen LogP contribution in [0.2, 0.25) is 0 Å². The van der Waals surface area contributed by atoms with Crippen LogP contribution in [-0.4, -0.2) is 22.1 Å². The summed E-state index contributed by atoms with van der Waals surface area (Å²) in [6.07, 6.45) is 2.92. The van der Waals surface area contributed by atoms with Gasteiger partial charge in [0.1, 0.15) is 0 Å². The molecule has 0 aliphatic heterocycles. The molecule has 0 radical (unpaired) electrons. The van der Waals surface area contributed by atoms with Gasteiger partial charge in [-0.3, -0.25) is 0 Å². The van der Waals surface area contributed by atoms with E-state index in [0.29, 0.717) is 6.04 Å². The fourth-order valence-corrected chi connectivity index (χ4v) is 2.30. The van der Waals surface area contributed by atoms with E-state index in [2.05, 4.69) is 47.4 Å². The first-order valence-corrected chi connectivity index (χ1v) is 6.48. The zero-order chi connectivity index (χ0) is 13.0. The number of fused-ring (bicyclic) bond motifs is 1. The Morgan fingerprint density at radius 1 is 1.44 bits per heavy atom. The van der Waals surface area contributed by atoms with E-state index in [9.17, 15) is 0 Å². The van der Waals surface area contributed by atoms with Crippen LogP contribution in [0.4, 0.5) is 0 Å². The lowest BCUT2D eigenvalue weighted by molar-refractivity contribution is 0.460. The minimum absolute atomic E-state index is 0.421. The molecule has 0 bridgehead atoms. The SMILES string of the molecule is C=C(C)CC(Cn1cnc2ccccc21)NCC. The van der Waals surface area contributed by atoms with Crippen LogP contribution in [-0.2, 0) is 6.54 Å². The van der Waals surface area contributed by atoms with Crippen molar-refractivity contribution in [3.05, 3.63) is 42.7 Å². The Balaban J connectivity index is 2.17. The molecule has 1 aromatic heterocycles. The molecule has 1 unspecified atom stereocenters. The molecular formula is C15H21N3. The van der Waals surface area contributed by atoms with Gasteiger partial charge < -0.3 is 9.88 Å². The highest BCUT2D eigenvalue weighted by Gasteiger charge is 2.10. The van der Waals surface area contributed by atoms with Crippen molar-refractivity contribution < 1.29 is 0 Å². The Bertz CT molecular complexity index is 527. The molecule has 0 fully saturated rings. The highest BCUT2D eigenvalue weighted by molar-refractivity contribution is 5.74. The summed E-state index contributed by atoms with van der Waals surface area (Å²) in [7, 11) is 0. The van der Waals surface area contributed by atoms with Gasteiger partial charge in [-0.1, -0.05) is 24.6 Å². The normalized spacial score (nSPS) is 12.8. The van der Waals surface area contributed by atoms with Crippen molar-refractivity contribution in [2.45, 2.75) is 32.9 Å². The summed E-state index contributed by atoms with van der Waals surface area (Å²) in [5, 5.41) is 3.51. The zero-order valence-corrected chi connectivity index (χ0v) is 11.2. The maximum absolute atomic E-state index is 4.42. The Labute approximate surface area is 109 Å². The summed E-state index contributed by atoms with van der Waals surface area (Å²) in [6.45, 7) is 10.1. The fraction of sp³-hybridized carbons (Fsp3) is 0.400. The number of rotatable bonds is 6. The van der Waals surface area contributed by atoms with Crippen molar-refractivity contribution in [3.8, 4) is 0 Å². The Kier molecular flexibility index (Phi) is 4.15. The van der Waals surface area contributed by atoms with Gasteiger partial charge in [0, 0.05) is 12.6 Å². The van der Waals surface area contributed by atoms with Gasteiger partial charge in [0.15, 0.2) is 0 Å². The van der Waals surface area contributed by atoms with Gasteiger partial charge in [-0.2, -0.15) is 0 Å². The van der Waals surface area contributed by atoms with Gasteiger partial charge in [-0.05, 0) is 32.0 Å². The number of nitrogens with one attached hydrogen (secondary N) is 1. The average Bonchev–Trinajstić information content (AvgIpc) is 2.72. The van der Waals surface area contributed by atoms with Gasteiger partial charge >= 0.3 is 0 Å². The highest BCUT2D eigenvalue weighted by atomic mass is 15.1. The molecule has 2 aromatic rings. The molecule has 0 aliphatic rings. The number of likely N-dealkylation sites (N-methyl/N-ethyl adjacent to an activating group) is 1. The Hall–Kier alpha value is -1.61. The van der Waals surface area contributed by atoms with Crippen LogP contribution < -0.4 is 5.32 Å². The quantitative estimate of drug-likeness (QED) is 0.790. The Morgan fingerprint density at radius 2 is 2.22 bits per heavy atom. The first-order valence-electron chi connectivity index (χ1n) is 6.48. The lowest BCUT2D eigenvalue weighted by atomic mass is 10.1. The third kappa shape index (κ3) is 2.99. The summed E-state index contributed by atoms with van der Waals surface area (Å²) >= 11 is 0. The van der Waals surface area contributed by atoms with Gasteiger partial charge in [0.2, 0.25) is 0 Å². The third-order valence-electron chi connectivity index (χ3n) is 3.03. The van der Waals surface area contributed by atoms with Gasteiger partial charge in [-0.15, -0.1) is 6.58 Å². The second kappa shape index (κ2) is 5.83. The van der Waals surface area contributed by atoms with Gasteiger partial charge in [0.05, 0.1) is 17.4 Å². The second-order valence-corrected chi connectivity index (χ2v) is 4.80. The number of para-hydroxylation sites is 2. The minimum atomic E-state index is 0.421. The molecule has 1 aromatic carbocycles. The van der Waals surface area contributed by atoms with E-state index in [1.807, 2.05) is 18.5 Å². The lowest BCUT2D eigenvalue weighted by Gasteiger charge is -2.19. The molecule has 3 heteroatoms. The van der Waals surface area contributed by atoms with Crippen LogP contribution in [0.25, 0.3) is 11.0 Å². The van der Waals surface area contributed by atoms with Crippen LogP contribution in [0.1, 0.15) is 20.3 Å². The van der Waals surface area contributed by atoms with E-state index >= 15 is 0 Å². The van der Waals surface area contributed by atoms with E-state index < -0.39 is 0 Å². The molecule has 0 aliphatic carbocycles. The van der Waals surface area contributed by atoms with Crippen molar-refractivity contribution in [2.75, 3.05) is 6.54 Å².